The molecule has 3 aromatic rings. The number of hydrogen-bond donors (Lipinski definition) is 1. The molecule has 29 heavy (non-hydrogen) atoms. The fourth-order valence-corrected chi connectivity index (χ4v) is 5.94. The van der Waals surface area contributed by atoms with Crippen molar-refractivity contribution in [3.8, 4) is 5.75 Å². The predicted octanol–water partition coefficient (Wildman–Crippen LogP) is 3.88. The van der Waals surface area contributed by atoms with Gasteiger partial charge in [0.1, 0.15) is 12.0 Å². The molecule has 1 aliphatic heterocycles. The van der Waals surface area contributed by atoms with Crippen LogP contribution in [0.2, 0.25) is 0 Å². The van der Waals surface area contributed by atoms with Gasteiger partial charge in [0.2, 0.25) is 5.91 Å². The first kappa shape index (κ1) is 16.8. The molecule has 0 spiro atoms. The first-order chi connectivity index (χ1) is 14.2. The van der Waals surface area contributed by atoms with E-state index in [1.165, 1.54) is 22.3 Å². The van der Waals surface area contributed by atoms with Crippen molar-refractivity contribution < 1.29 is 14.6 Å². The number of ether oxygens (including phenoxy) is 1. The zero-order chi connectivity index (χ0) is 19.7. The predicted molar refractivity (Wildman–Crippen MR) is 110 cm³/mol. The van der Waals surface area contributed by atoms with Crippen molar-refractivity contribution in [2.24, 2.45) is 11.8 Å². The molecule has 0 aromatic heterocycles. The molecule has 1 saturated heterocycles. The number of benzene rings is 3. The van der Waals surface area contributed by atoms with E-state index in [1.807, 2.05) is 36.4 Å². The minimum atomic E-state index is -0.891. The van der Waals surface area contributed by atoms with E-state index >= 15 is 0 Å². The summed E-state index contributed by atoms with van der Waals surface area (Å²) in [6.45, 7) is 0. The lowest BCUT2D eigenvalue weighted by Crippen LogP contribution is -2.42. The van der Waals surface area contributed by atoms with Crippen molar-refractivity contribution in [1.29, 1.82) is 0 Å². The van der Waals surface area contributed by atoms with Crippen molar-refractivity contribution >= 4 is 11.6 Å². The third kappa shape index (κ3) is 2.04. The van der Waals surface area contributed by atoms with Gasteiger partial charge in [0, 0.05) is 17.8 Å². The molecule has 4 heteroatoms. The van der Waals surface area contributed by atoms with Gasteiger partial charge in [0.15, 0.2) is 0 Å². The first-order valence-electron chi connectivity index (χ1n) is 10.0. The van der Waals surface area contributed by atoms with E-state index in [2.05, 4.69) is 36.4 Å². The van der Waals surface area contributed by atoms with E-state index in [0.717, 1.165) is 0 Å². The van der Waals surface area contributed by atoms with Crippen LogP contribution in [0.5, 0.6) is 5.75 Å². The molecule has 4 aliphatic rings. The Balaban J connectivity index is 1.57. The molecule has 0 radical (unpaired) electrons. The SMILES string of the molecule is COc1ccccc1N1C(=O)C2C3c4ccccc4C(c4ccccc43)C2[C@H]1O. The molecule has 0 saturated carbocycles. The number of rotatable bonds is 2. The summed E-state index contributed by atoms with van der Waals surface area (Å²) < 4.78 is 5.50. The zero-order valence-electron chi connectivity index (χ0n) is 16.0. The smallest absolute Gasteiger partial charge is 0.233 e. The molecule has 4 nitrogen and oxygen atoms in total. The number of aliphatic hydroxyl groups excluding tert-OH is 1. The van der Waals surface area contributed by atoms with Gasteiger partial charge >= 0.3 is 0 Å². The molecule has 7 rings (SSSR count). The van der Waals surface area contributed by atoms with Gasteiger partial charge in [-0.25, -0.2) is 0 Å². The molecule has 2 bridgehead atoms. The number of methoxy groups -OCH3 is 1. The lowest BCUT2D eigenvalue weighted by atomic mass is 9.55. The highest BCUT2D eigenvalue weighted by Crippen LogP contribution is 2.62. The maximum atomic E-state index is 13.7. The second-order valence-electron chi connectivity index (χ2n) is 8.11. The highest BCUT2D eigenvalue weighted by Gasteiger charge is 2.61. The van der Waals surface area contributed by atoms with Gasteiger partial charge in [-0.1, -0.05) is 60.7 Å². The van der Waals surface area contributed by atoms with Gasteiger partial charge in [-0.2, -0.15) is 0 Å². The maximum Gasteiger partial charge on any atom is 0.233 e. The minimum Gasteiger partial charge on any atom is -0.495 e. The highest BCUT2D eigenvalue weighted by molar-refractivity contribution is 6.01. The van der Waals surface area contributed by atoms with E-state index in [1.54, 1.807) is 12.0 Å². The van der Waals surface area contributed by atoms with Crippen LogP contribution in [-0.4, -0.2) is 24.4 Å². The number of anilines is 1. The number of nitrogens with zero attached hydrogens (tertiary/aromatic N) is 1. The Labute approximate surface area is 169 Å². The molecule has 3 atom stereocenters. The molecule has 144 valence electrons. The van der Waals surface area contributed by atoms with Crippen LogP contribution >= 0.6 is 0 Å². The second-order valence-corrected chi connectivity index (χ2v) is 8.11. The third-order valence-corrected chi connectivity index (χ3v) is 6.97. The maximum absolute atomic E-state index is 13.7. The van der Waals surface area contributed by atoms with Crippen molar-refractivity contribution in [1.82, 2.24) is 0 Å². The zero-order valence-corrected chi connectivity index (χ0v) is 16.0. The van der Waals surface area contributed by atoms with E-state index in [0.29, 0.717) is 11.4 Å². The second kappa shape index (κ2) is 5.94. The Bertz CT molecular complexity index is 1090. The fraction of sp³-hybridized carbons (Fsp3) is 0.240. The fourth-order valence-electron chi connectivity index (χ4n) is 5.94. The molecule has 3 aromatic carbocycles. The molecule has 1 heterocycles. The van der Waals surface area contributed by atoms with Crippen molar-refractivity contribution in [3.05, 3.63) is 95.1 Å². The lowest BCUT2D eigenvalue weighted by Gasteiger charge is -2.47. The van der Waals surface area contributed by atoms with Crippen LogP contribution in [0.1, 0.15) is 34.1 Å². The normalized spacial score (nSPS) is 28.7. The van der Waals surface area contributed by atoms with E-state index in [4.69, 9.17) is 4.74 Å². The lowest BCUT2D eigenvalue weighted by molar-refractivity contribution is -0.121. The Morgan fingerprint density at radius 2 is 1.31 bits per heavy atom. The summed E-state index contributed by atoms with van der Waals surface area (Å²) in [6.07, 6.45) is -0.891. The molecule has 3 aliphatic carbocycles. The summed E-state index contributed by atoms with van der Waals surface area (Å²) in [7, 11) is 1.59. The number of carbonyl (C=O) groups is 1. The summed E-state index contributed by atoms with van der Waals surface area (Å²) in [5.74, 6) is 0.106. The minimum absolute atomic E-state index is 0.0102. The summed E-state index contributed by atoms with van der Waals surface area (Å²) in [4.78, 5) is 15.3. The quantitative estimate of drug-likeness (QED) is 0.731. The topological polar surface area (TPSA) is 49.8 Å². The molecule has 1 N–H and O–H groups in total. The summed E-state index contributed by atoms with van der Waals surface area (Å²) in [5.41, 5.74) is 5.56. The number of hydrogen-bond acceptors (Lipinski definition) is 3. The standard InChI is InChI=1S/C25H21NO3/c1-29-19-13-7-6-12-18(19)26-24(27)22-20-14-8-2-3-9-15(14)21(23(22)25(26)28)17-11-5-4-10-16(17)20/h2-13,20-24,27H,1H3/t20?,21?,22?,23?,24-/m1/s1. The number of para-hydroxylation sites is 2. The van der Waals surface area contributed by atoms with E-state index in [-0.39, 0.29) is 29.6 Å². The van der Waals surface area contributed by atoms with Crippen molar-refractivity contribution in [3.63, 3.8) is 0 Å². The number of carbonyl (C=O) groups excluding carboxylic acids is 1. The largest absolute Gasteiger partial charge is 0.495 e. The monoisotopic (exact) mass is 383 g/mol. The van der Waals surface area contributed by atoms with Gasteiger partial charge in [-0.3, -0.25) is 9.69 Å². The summed E-state index contributed by atoms with van der Waals surface area (Å²) >= 11 is 0. The van der Waals surface area contributed by atoms with Gasteiger partial charge in [0.25, 0.3) is 0 Å². The average molecular weight is 383 g/mol. The molecule has 2 unspecified atom stereocenters. The van der Waals surface area contributed by atoms with Crippen LogP contribution in [0, 0.1) is 11.8 Å². The Morgan fingerprint density at radius 3 is 1.90 bits per heavy atom. The number of aliphatic hydroxyl groups is 1. The summed E-state index contributed by atoms with van der Waals surface area (Å²) in [6, 6.07) is 24.2. The van der Waals surface area contributed by atoms with Gasteiger partial charge in [0.05, 0.1) is 18.7 Å². The molecular formula is C25H21NO3. The Kier molecular flexibility index (Phi) is 3.44. The van der Waals surface area contributed by atoms with Gasteiger partial charge in [-0.05, 0) is 34.4 Å². The van der Waals surface area contributed by atoms with Crippen LogP contribution in [-0.2, 0) is 4.79 Å². The number of amides is 1. The first-order valence-corrected chi connectivity index (χ1v) is 10.0. The van der Waals surface area contributed by atoms with Crippen molar-refractivity contribution in [2.45, 2.75) is 18.1 Å². The molecular weight excluding hydrogens is 362 g/mol. The molecule has 1 fully saturated rings. The highest BCUT2D eigenvalue weighted by atomic mass is 16.5. The van der Waals surface area contributed by atoms with Crippen LogP contribution in [0.4, 0.5) is 5.69 Å². The van der Waals surface area contributed by atoms with Crippen LogP contribution in [0.25, 0.3) is 0 Å². The Hall–Kier alpha value is -3.11. The van der Waals surface area contributed by atoms with Gasteiger partial charge in [-0.15, -0.1) is 0 Å². The van der Waals surface area contributed by atoms with Crippen LogP contribution < -0.4 is 9.64 Å². The third-order valence-electron chi connectivity index (χ3n) is 6.97. The van der Waals surface area contributed by atoms with Crippen LogP contribution in [0.3, 0.4) is 0 Å². The van der Waals surface area contributed by atoms with E-state index < -0.39 is 6.23 Å². The average Bonchev–Trinajstić information content (AvgIpc) is 3.04. The van der Waals surface area contributed by atoms with E-state index in [9.17, 15) is 9.90 Å². The Morgan fingerprint density at radius 1 is 0.793 bits per heavy atom. The van der Waals surface area contributed by atoms with Gasteiger partial charge < -0.3 is 9.84 Å². The van der Waals surface area contributed by atoms with Crippen molar-refractivity contribution in [2.75, 3.05) is 12.0 Å². The molecule has 1 amide bonds. The van der Waals surface area contributed by atoms with Crippen LogP contribution in [0.15, 0.2) is 72.8 Å². The summed E-state index contributed by atoms with van der Waals surface area (Å²) in [5, 5.41) is 11.5.